The highest BCUT2D eigenvalue weighted by molar-refractivity contribution is 7.57. The van der Waals surface area contributed by atoms with Gasteiger partial charge in [0.05, 0.1) is 13.2 Å². The van der Waals surface area contributed by atoms with Gasteiger partial charge in [-0.1, -0.05) is 13.0 Å². The van der Waals surface area contributed by atoms with Crippen LogP contribution >= 0.6 is 7.60 Å². The van der Waals surface area contributed by atoms with Crippen LogP contribution in [-0.2, 0) is 18.4 Å². The molecule has 1 unspecified atom stereocenters. The molecule has 0 aromatic rings. The third kappa shape index (κ3) is 6.61. The second kappa shape index (κ2) is 7.80. The number of carbonyl (C=O) groups is 1. The minimum Gasteiger partial charge on any atom is -0.306 e. The van der Waals surface area contributed by atoms with Crippen LogP contribution in [0.5, 0.6) is 0 Å². The van der Waals surface area contributed by atoms with Crippen molar-refractivity contribution in [2.75, 3.05) is 13.2 Å². The molecule has 0 aromatic carbocycles. The van der Waals surface area contributed by atoms with Crippen molar-refractivity contribution in [2.24, 2.45) is 5.92 Å². The standard InChI is InChI=1S/C10H19O4P/c1-4-13-15(12,14-5-2)8-6-7-10(3)9-11/h6,8-10H,4-5,7H2,1-3H3/b8-6-. The van der Waals surface area contributed by atoms with E-state index in [0.29, 0.717) is 19.6 Å². The summed E-state index contributed by atoms with van der Waals surface area (Å²) in [6.07, 6.45) is 3.08. The average molecular weight is 234 g/mol. The molecule has 0 N–H and O–H groups in total. The van der Waals surface area contributed by atoms with E-state index in [-0.39, 0.29) is 5.92 Å². The first-order valence-electron chi connectivity index (χ1n) is 5.09. The summed E-state index contributed by atoms with van der Waals surface area (Å²) in [6, 6.07) is 0. The Morgan fingerprint density at radius 1 is 1.27 bits per heavy atom. The molecule has 0 aliphatic carbocycles. The molecule has 0 radical (unpaired) electrons. The molecule has 0 saturated heterocycles. The predicted octanol–water partition coefficient (Wildman–Crippen LogP) is 2.99. The average Bonchev–Trinajstić information content (AvgIpc) is 2.18. The van der Waals surface area contributed by atoms with Crippen LogP contribution in [-0.4, -0.2) is 19.5 Å². The summed E-state index contributed by atoms with van der Waals surface area (Å²) in [4.78, 5) is 10.3. The van der Waals surface area contributed by atoms with Gasteiger partial charge in [-0.2, -0.15) is 0 Å². The fourth-order valence-corrected chi connectivity index (χ4v) is 2.29. The van der Waals surface area contributed by atoms with Gasteiger partial charge in [-0.3, -0.25) is 4.57 Å². The van der Waals surface area contributed by atoms with Crippen LogP contribution in [0.2, 0.25) is 0 Å². The van der Waals surface area contributed by atoms with Crippen molar-refractivity contribution in [3.63, 3.8) is 0 Å². The van der Waals surface area contributed by atoms with E-state index in [9.17, 15) is 9.36 Å². The Kier molecular flexibility index (Phi) is 7.57. The second-order valence-electron chi connectivity index (χ2n) is 3.11. The molecule has 0 spiro atoms. The van der Waals surface area contributed by atoms with Crippen molar-refractivity contribution in [1.29, 1.82) is 0 Å². The van der Waals surface area contributed by atoms with Gasteiger partial charge in [-0.15, -0.1) is 0 Å². The Bertz CT molecular complexity index is 240. The summed E-state index contributed by atoms with van der Waals surface area (Å²) in [5.41, 5.74) is 0. The van der Waals surface area contributed by atoms with Crippen molar-refractivity contribution in [3.05, 3.63) is 11.9 Å². The molecule has 0 rings (SSSR count). The van der Waals surface area contributed by atoms with E-state index in [4.69, 9.17) is 9.05 Å². The smallest absolute Gasteiger partial charge is 0.306 e. The van der Waals surface area contributed by atoms with Crippen molar-refractivity contribution < 1.29 is 18.4 Å². The first kappa shape index (κ1) is 14.6. The van der Waals surface area contributed by atoms with Gasteiger partial charge < -0.3 is 13.8 Å². The van der Waals surface area contributed by atoms with Gasteiger partial charge in [0.15, 0.2) is 0 Å². The van der Waals surface area contributed by atoms with Gasteiger partial charge in [0.1, 0.15) is 6.29 Å². The van der Waals surface area contributed by atoms with Crippen molar-refractivity contribution in [3.8, 4) is 0 Å². The molecule has 0 saturated carbocycles. The Hall–Kier alpha value is -0.440. The molecule has 0 amide bonds. The fraction of sp³-hybridized carbons (Fsp3) is 0.700. The summed E-state index contributed by atoms with van der Waals surface area (Å²) in [5.74, 6) is 1.36. The first-order chi connectivity index (χ1) is 7.08. The minimum absolute atomic E-state index is 0.0713. The zero-order valence-electron chi connectivity index (χ0n) is 9.51. The highest BCUT2D eigenvalue weighted by Gasteiger charge is 2.18. The molecule has 0 fully saturated rings. The van der Waals surface area contributed by atoms with Gasteiger partial charge in [0, 0.05) is 11.7 Å². The van der Waals surface area contributed by atoms with E-state index in [0.717, 1.165) is 6.29 Å². The van der Waals surface area contributed by atoms with Crippen LogP contribution in [0.25, 0.3) is 0 Å². The molecule has 0 heterocycles. The Labute approximate surface area is 91.2 Å². The Morgan fingerprint density at radius 2 is 1.80 bits per heavy atom. The number of rotatable bonds is 8. The SMILES string of the molecule is CCOP(=O)(/C=C\CC(C)C=O)OCC. The Morgan fingerprint density at radius 3 is 2.20 bits per heavy atom. The molecule has 1 atom stereocenters. The summed E-state index contributed by atoms with van der Waals surface area (Å²) in [6.45, 7) is 5.99. The summed E-state index contributed by atoms with van der Waals surface area (Å²) in [7, 11) is -3.08. The fourth-order valence-electron chi connectivity index (χ4n) is 0.943. The van der Waals surface area contributed by atoms with E-state index in [1.165, 1.54) is 5.82 Å². The summed E-state index contributed by atoms with van der Waals surface area (Å²) >= 11 is 0. The van der Waals surface area contributed by atoms with E-state index in [2.05, 4.69) is 0 Å². The number of hydrogen-bond donors (Lipinski definition) is 0. The highest BCUT2D eigenvalue weighted by atomic mass is 31.2. The monoisotopic (exact) mass is 234 g/mol. The molecular formula is C10H19O4P. The van der Waals surface area contributed by atoms with E-state index < -0.39 is 7.60 Å². The van der Waals surface area contributed by atoms with Gasteiger partial charge in [0.25, 0.3) is 0 Å². The lowest BCUT2D eigenvalue weighted by Gasteiger charge is -2.12. The second-order valence-corrected chi connectivity index (χ2v) is 5.00. The third-order valence-corrected chi connectivity index (χ3v) is 3.46. The van der Waals surface area contributed by atoms with Gasteiger partial charge >= 0.3 is 7.60 Å². The molecule has 4 nitrogen and oxygen atoms in total. The zero-order valence-corrected chi connectivity index (χ0v) is 10.4. The molecule has 0 aliphatic heterocycles. The number of carbonyl (C=O) groups excluding carboxylic acids is 1. The quantitative estimate of drug-likeness (QED) is 0.478. The highest BCUT2D eigenvalue weighted by Crippen LogP contribution is 2.49. The normalized spacial score (nSPS) is 14.3. The lowest BCUT2D eigenvalue weighted by atomic mass is 10.1. The molecule has 5 heteroatoms. The summed E-state index contributed by atoms with van der Waals surface area (Å²) < 4.78 is 22.0. The zero-order chi connectivity index (χ0) is 11.7. The minimum atomic E-state index is -3.08. The maximum absolute atomic E-state index is 11.9. The molecule has 0 bridgehead atoms. The van der Waals surface area contributed by atoms with Crippen LogP contribution in [0, 0.1) is 5.92 Å². The van der Waals surface area contributed by atoms with Gasteiger partial charge in [-0.05, 0) is 20.3 Å². The van der Waals surface area contributed by atoms with E-state index in [1.807, 2.05) is 0 Å². The van der Waals surface area contributed by atoms with Crippen molar-refractivity contribution in [1.82, 2.24) is 0 Å². The summed E-state index contributed by atoms with van der Waals surface area (Å²) in [5, 5.41) is 0. The molecule has 0 aliphatic rings. The lowest BCUT2D eigenvalue weighted by Crippen LogP contribution is -1.94. The van der Waals surface area contributed by atoms with Crippen molar-refractivity contribution >= 4 is 13.9 Å². The number of aldehydes is 1. The maximum Gasteiger partial charge on any atom is 0.353 e. The number of allylic oxidation sites excluding steroid dienone is 1. The maximum atomic E-state index is 11.9. The van der Waals surface area contributed by atoms with Crippen LogP contribution < -0.4 is 0 Å². The van der Waals surface area contributed by atoms with Crippen LogP contribution in [0.15, 0.2) is 11.9 Å². The third-order valence-electron chi connectivity index (χ3n) is 1.65. The van der Waals surface area contributed by atoms with Gasteiger partial charge in [0.2, 0.25) is 0 Å². The lowest BCUT2D eigenvalue weighted by molar-refractivity contribution is -0.110. The molecule has 0 aromatic heterocycles. The van der Waals surface area contributed by atoms with Crippen LogP contribution in [0.3, 0.4) is 0 Å². The number of hydrogen-bond acceptors (Lipinski definition) is 4. The van der Waals surface area contributed by atoms with Crippen LogP contribution in [0.4, 0.5) is 0 Å². The largest absolute Gasteiger partial charge is 0.353 e. The van der Waals surface area contributed by atoms with Crippen LogP contribution in [0.1, 0.15) is 27.2 Å². The molecular weight excluding hydrogens is 215 g/mol. The topological polar surface area (TPSA) is 52.6 Å². The van der Waals surface area contributed by atoms with Crippen molar-refractivity contribution in [2.45, 2.75) is 27.2 Å². The predicted molar refractivity (Wildman–Crippen MR) is 59.8 cm³/mol. The first-order valence-corrected chi connectivity index (χ1v) is 6.71. The van der Waals surface area contributed by atoms with E-state index in [1.54, 1.807) is 26.8 Å². The van der Waals surface area contributed by atoms with E-state index >= 15 is 0 Å². The molecule has 88 valence electrons. The van der Waals surface area contributed by atoms with Gasteiger partial charge in [-0.25, -0.2) is 0 Å². The Balaban J connectivity index is 4.27. The molecule has 15 heavy (non-hydrogen) atoms.